The molecule has 1 amide bonds. The van der Waals surface area contributed by atoms with Crippen LogP contribution in [0.3, 0.4) is 0 Å². The van der Waals surface area contributed by atoms with Crippen LogP contribution in [-0.4, -0.2) is 24.8 Å². The van der Waals surface area contributed by atoms with Crippen molar-refractivity contribution in [1.29, 1.82) is 5.26 Å². The Labute approximate surface area is 146 Å². The maximum absolute atomic E-state index is 12.1. The summed E-state index contributed by atoms with van der Waals surface area (Å²) in [5.74, 6) is 0.903. The molecule has 0 heterocycles. The van der Waals surface area contributed by atoms with E-state index in [0.29, 0.717) is 17.0 Å². The highest BCUT2D eigenvalue weighted by atomic mass is 16.5. The normalized spacial score (nSPS) is 12.0. The lowest BCUT2D eigenvalue weighted by atomic mass is 10.1. The molecule has 0 saturated heterocycles. The summed E-state index contributed by atoms with van der Waals surface area (Å²) in [5, 5.41) is 12.9. The van der Waals surface area contributed by atoms with E-state index in [1.54, 1.807) is 45.2 Å². The number of nitrogens with one attached hydrogen (secondary N) is 1. The van der Waals surface area contributed by atoms with Crippen LogP contribution in [0, 0.1) is 11.3 Å². The van der Waals surface area contributed by atoms with Crippen LogP contribution in [0.5, 0.6) is 11.5 Å². The Morgan fingerprint density at radius 1 is 1.12 bits per heavy atom. The van der Waals surface area contributed by atoms with E-state index in [-0.39, 0.29) is 5.91 Å². The molecule has 2 rings (SSSR count). The molecule has 0 fully saturated rings. The number of amides is 1. The lowest BCUT2D eigenvalue weighted by Crippen LogP contribution is -2.33. The fraction of sp³-hybridized carbons (Fsp3) is 0.211. The maximum Gasteiger partial charge on any atom is 0.280 e. The van der Waals surface area contributed by atoms with Gasteiger partial charge in [0.25, 0.3) is 5.91 Å². The average molecular weight is 337 g/mol. The number of methoxy groups -OCH3 is 1. The second-order valence-electron chi connectivity index (χ2n) is 5.30. The summed E-state index contributed by atoms with van der Waals surface area (Å²) in [6.45, 7) is 3.43. The second-order valence-corrected chi connectivity index (χ2v) is 5.30. The Morgan fingerprint density at radius 2 is 1.72 bits per heavy atom. The van der Waals surface area contributed by atoms with Crippen molar-refractivity contribution in [1.82, 2.24) is 5.43 Å². The third-order valence-electron chi connectivity index (χ3n) is 3.51. The Hall–Kier alpha value is -3.33. The number of hydrogen-bond acceptors (Lipinski definition) is 5. The van der Waals surface area contributed by atoms with E-state index in [4.69, 9.17) is 14.7 Å². The number of hydrogen-bond donors (Lipinski definition) is 1. The van der Waals surface area contributed by atoms with Gasteiger partial charge in [-0.3, -0.25) is 4.79 Å². The molecule has 1 N–H and O–H groups in total. The first-order chi connectivity index (χ1) is 12.0. The third-order valence-corrected chi connectivity index (χ3v) is 3.51. The molecule has 0 bridgehead atoms. The molecule has 0 aliphatic rings. The molecule has 25 heavy (non-hydrogen) atoms. The highest BCUT2D eigenvalue weighted by Crippen LogP contribution is 2.14. The molecule has 6 nitrogen and oxygen atoms in total. The molecule has 0 aliphatic carbocycles. The standard InChI is InChI=1S/C19H19N3O3/c1-13(16-6-10-17(24-3)11-7-16)21-22-19(23)14(2)25-18-8-4-15(12-20)5-9-18/h4-11,14H,1-3H3,(H,22,23)/b21-13+. The minimum Gasteiger partial charge on any atom is -0.497 e. The number of nitrogens with zero attached hydrogens (tertiary/aromatic N) is 2. The summed E-state index contributed by atoms with van der Waals surface area (Å²) in [6.07, 6.45) is -0.722. The van der Waals surface area contributed by atoms with Crippen molar-refractivity contribution < 1.29 is 14.3 Å². The molecule has 2 aromatic carbocycles. The molecule has 0 spiro atoms. The average Bonchev–Trinajstić information content (AvgIpc) is 2.66. The van der Waals surface area contributed by atoms with Crippen LogP contribution in [0.25, 0.3) is 0 Å². The predicted octanol–water partition coefficient (Wildman–Crippen LogP) is 2.87. The summed E-state index contributed by atoms with van der Waals surface area (Å²) in [4.78, 5) is 12.1. The van der Waals surface area contributed by atoms with Crippen molar-refractivity contribution in [3.8, 4) is 17.6 Å². The fourth-order valence-electron chi connectivity index (χ4n) is 1.99. The summed E-state index contributed by atoms with van der Waals surface area (Å²) < 4.78 is 10.6. The summed E-state index contributed by atoms with van der Waals surface area (Å²) in [5.41, 5.74) is 4.57. The zero-order chi connectivity index (χ0) is 18.2. The fourth-order valence-corrected chi connectivity index (χ4v) is 1.99. The molecule has 1 unspecified atom stereocenters. The minimum atomic E-state index is -0.722. The molecule has 1 atom stereocenters. The van der Waals surface area contributed by atoms with E-state index in [1.165, 1.54) is 0 Å². The number of benzene rings is 2. The molecular weight excluding hydrogens is 318 g/mol. The quantitative estimate of drug-likeness (QED) is 0.649. The summed E-state index contributed by atoms with van der Waals surface area (Å²) in [7, 11) is 1.60. The Kier molecular flexibility index (Phi) is 6.13. The Bertz CT molecular complexity index is 790. The van der Waals surface area contributed by atoms with Crippen LogP contribution in [0.2, 0.25) is 0 Å². The van der Waals surface area contributed by atoms with Gasteiger partial charge in [0, 0.05) is 0 Å². The molecule has 6 heteroatoms. The molecule has 0 saturated carbocycles. The smallest absolute Gasteiger partial charge is 0.280 e. The molecule has 0 radical (unpaired) electrons. The topological polar surface area (TPSA) is 83.7 Å². The first kappa shape index (κ1) is 18.0. The SMILES string of the molecule is COc1ccc(/C(C)=N/NC(=O)C(C)Oc2ccc(C#N)cc2)cc1. The van der Waals surface area contributed by atoms with Crippen LogP contribution in [0.1, 0.15) is 25.0 Å². The summed E-state index contributed by atoms with van der Waals surface area (Å²) in [6, 6.07) is 16.0. The summed E-state index contributed by atoms with van der Waals surface area (Å²) >= 11 is 0. The number of rotatable bonds is 6. The van der Waals surface area contributed by atoms with Crippen LogP contribution in [-0.2, 0) is 4.79 Å². The van der Waals surface area contributed by atoms with Crippen molar-refractivity contribution >= 4 is 11.6 Å². The van der Waals surface area contributed by atoms with E-state index >= 15 is 0 Å². The van der Waals surface area contributed by atoms with Crippen molar-refractivity contribution in [3.05, 3.63) is 59.7 Å². The van der Waals surface area contributed by atoms with E-state index in [0.717, 1.165) is 11.3 Å². The number of ether oxygens (including phenoxy) is 2. The number of hydrazone groups is 1. The lowest BCUT2D eigenvalue weighted by molar-refractivity contribution is -0.127. The molecule has 2 aromatic rings. The van der Waals surface area contributed by atoms with E-state index in [9.17, 15) is 4.79 Å². The van der Waals surface area contributed by atoms with Gasteiger partial charge in [0.2, 0.25) is 0 Å². The third kappa shape index (κ3) is 5.08. The highest BCUT2D eigenvalue weighted by molar-refractivity contribution is 5.99. The molecule has 0 aliphatic heterocycles. The zero-order valence-corrected chi connectivity index (χ0v) is 14.3. The Balaban J connectivity index is 1.93. The molecular formula is C19H19N3O3. The monoisotopic (exact) mass is 337 g/mol. The largest absolute Gasteiger partial charge is 0.497 e. The van der Waals surface area contributed by atoms with E-state index < -0.39 is 6.10 Å². The number of carbonyl (C=O) groups excluding carboxylic acids is 1. The lowest BCUT2D eigenvalue weighted by Gasteiger charge is -2.13. The predicted molar refractivity (Wildman–Crippen MR) is 94.6 cm³/mol. The highest BCUT2D eigenvalue weighted by Gasteiger charge is 2.14. The van der Waals surface area contributed by atoms with Gasteiger partial charge < -0.3 is 9.47 Å². The van der Waals surface area contributed by atoms with Crippen molar-refractivity contribution in [3.63, 3.8) is 0 Å². The van der Waals surface area contributed by atoms with Crippen molar-refractivity contribution in [2.24, 2.45) is 5.10 Å². The van der Waals surface area contributed by atoms with Crippen LogP contribution in [0.15, 0.2) is 53.6 Å². The van der Waals surface area contributed by atoms with Crippen molar-refractivity contribution in [2.75, 3.05) is 7.11 Å². The number of nitriles is 1. The van der Waals surface area contributed by atoms with Gasteiger partial charge in [0.15, 0.2) is 6.10 Å². The van der Waals surface area contributed by atoms with Gasteiger partial charge in [-0.15, -0.1) is 0 Å². The molecule has 128 valence electrons. The van der Waals surface area contributed by atoms with E-state index in [1.807, 2.05) is 30.3 Å². The Morgan fingerprint density at radius 3 is 2.28 bits per heavy atom. The van der Waals surface area contributed by atoms with Gasteiger partial charge in [-0.1, -0.05) is 0 Å². The first-order valence-corrected chi connectivity index (χ1v) is 7.69. The zero-order valence-electron chi connectivity index (χ0n) is 14.3. The number of carbonyl (C=O) groups is 1. The van der Waals surface area contributed by atoms with Crippen LogP contribution in [0.4, 0.5) is 0 Å². The van der Waals surface area contributed by atoms with Gasteiger partial charge in [-0.05, 0) is 67.9 Å². The van der Waals surface area contributed by atoms with Crippen LogP contribution >= 0.6 is 0 Å². The van der Waals surface area contributed by atoms with Crippen molar-refractivity contribution in [2.45, 2.75) is 20.0 Å². The van der Waals surface area contributed by atoms with Gasteiger partial charge >= 0.3 is 0 Å². The van der Waals surface area contributed by atoms with Gasteiger partial charge in [-0.2, -0.15) is 10.4 Å². The van der Waals surface area contributed by atoms with Crippen LogP contribution < -0.4 is 14.9 Å². The van der Waals surface area contributed by atoms with Gasteiger partial charge in [-0.25, -0.2) is 5.43 Å². The second kappa shape index (κ2) is 8.50. The first-order valence-electron chi connectivity index (χ1n) is 7.69. The molecule has 0 aromatic heterocycles. The van der Waals surface area contributed by atoms with Gasteiger partial charge in [0.05, 0.1) is 24.5 Å². The minimum absolute atomic E-state index is 0.364. The van der Waals surface area contributed by atoms with Gasteiger partial charge in [0.1, 0.15) is 11.5 Å². The maximum atomic E-state index is 12.1. The van der Waals surface area contributed by atoms with E-state index in [2.05, 4.69) is 10.5 Å².